The third kappa shape index (κ3) is 3.19. The van der Waals surface area contributed by atoms with E-state index in [1.54, 1.807) is 12.1 Å². The second kappa shape index (κ2) is 5.96. The van der Waals surface area contributed by atoms with Gasteiger partial charge < -0.3 is 4.74 Å². The fourth-order valence-electron chi connectivity index (χ4n) is 1.54. The molecule has 0 amide bonds. The lowest BCUT2D eigenvalue weighted by Gasteiger charge is -2.11. The maximum absolute atomic E-state index is 5.97. The fraction of sp³-hybridized carbons (Fsp3) is 0.143. The first-order chi connectivity index (χ1) is 8.60. The van der Waals surface area contributed by atoms with Gasteiger partial charge in [-0.3, -0.25) is 0 Å². The summed E-state index contributed by atoms with van der Waals surface area (Å²) < 4.78 is 6.88. The molecule has 0 spiro atoms. The molecule has 0 aliphatic carbocycles. The summed E-state index contributed by atoms with van der Waals surface area (Å²) in [7, 11) is 0. The number of halogens is 3. The highest BCUT2D eigenvalue weighted by molar-refractivity contribution is 9.10. The highest BCUT2D eigenvalue weighted by atomic mass is 79.9. The Morgan fingerprint density at radius 1 is 1.17 bits per heavy atom. The van der Waals surface area contributed by atoms with Crippen molar-refractivity contribution < 1.29 is 4.74 Å². The van der Waals surface area contributed by atoms with Crippen LogP contribution < -0.4 is 4.74 Å². The molecule has 0 N–H and O–H groups in total. The van der Waals surface area contributed by atoms with Crippen LogP contribution in [0.2, 0.25) is 5.02 Å². The molecular formula is C14H11BrCl2O. The Hall–Kier alpha value is -0.700. The Bertz CT molecular complexity index is 570. The molecule has 0 aromatic heterocycles. The molecule has 0 saturated carbocycles. The van der Waals surface area contributed by atoms with Gasteiger partial charge in [-0.2, -0.15) is 0 Å². The van der Waals surface area contributed by atoms with Crippen LogP contribution in [-0.4, -0.2) is 0 Å². The van der Waals surface area contributed by atoms with Gasteiger partial charge >= 0.3 is 0 Å². The van der Waals surface area contributed by atoms with E-state index in [0.717, 1.165) is 21.3 Å². The minimum atomic E-state index is 0.391. The topological polar surface area (TPSA) is 9.23 Å². The molecule has 18 heavy (non-hydrogen) atoms. The SMILES string of the molecule is Cc1cc(Oc2cc(Cl)ccc2CCl)ccc1Br. The van der Waals surface area contributed by atoms with Crippen LogP contribution in [0.15, 0.2) is 40.9 Å². The maximum atomic E-state index is 5.97. The number of ether oxygens (including phenoxy) is 1. The summed E-state index contributed by atoms with van der Waals surface area (Å²) in [5, 5.41) is 0.632. The number of benzene rings is 2. The zero-order chi connectivity index (χ0) is 13.1. The lowest BCUT2D eigenvalue weighted by molar-refractivity contribution is 0.478. The van der Waals surface area contributed by atoms with E-state index in [9.17, 15) is 0 Å². The smallest absolute Gasteiger partial charge is 0.133 e. The normalized spacial score (nSPS) is 10.4. The summed E-state index contributed by atoms with van der Waals surface area (Å²) in [6.07, 6.45) is 0. The van der Waals surface area contributed by atoms with Crippen molar-refractivity contribution in [2.24, 2.45) is 0 Å². The van der Waals surface area contributed by atoms with E-state index in [1.165, 1.54) is 0 Å². The van der Waals surface area contributed by atoms with E-state index in [2.05, 4.69) is 15.9 Å². The van der Waals surface area contributed by atoms with Gasteiger partial charge in [0.05, 0.1) is 5.88 Å². The lowest BCUT2D eigenvalue weighted by Crippen LogP contribution is -1.90. The van der Waals surface area contributed by atoms with Gasteiger partial charge in [0.15, 0.2) is 0 Å². The molecule has 2 aromatic carbocycles. The Balaban J connectivity index is 2.33. The molecule has 0 atom stereocenters. The molecule has 1 nitrogen and oxygen atoms in total. The van der Waals surface area contributed by atoms with Crippen LogP contribution >= 0.6 is 39.1 Å². The minimum absolute atomic E-state index is 0.391. The number of aryl methyl sites for hydroxylation is 1. The average Bonchev–Trinajstić information content (AvgIpc) is 2.34. The van der Waals surface area contributed by atoms with Gasteiger partial charge in [-0.15, -0.1) is 11.6 Å². The average molecular weight is 346 g/mol. The van der Waals surface area contributed by atoms with Crippen molar-refractivity contribution in [3.05, 3.63) is 57.0 Å². The van der Waals surface area contributed by atoms with Gasteiger partial charge in [0.25, 0.3) is 0 Å². The van der Waals surface area contributed by atoms with E-state index >= 15 is 0 Å². The summed E-state index contributed by atoms with van der Waals surface area (Å²) >= 11 is 15.3. The van der Waals surface area contributed by atoms with Gasteiger partial charge in [-0.1, -0.05) is 33.6 Å². The van der Waals surface area contributed by atoms with Crippen molar-refractivity contribution in [3.8, 4) is 11.5 Å². The predicted octanol–water partition coefficient (Wildman–Crippen LogP) is 5.94. The standard InChI is InChI=1S/C14H11BrCl2O/c1-9-6-12(4-5-13(9)15)18-14-7-11(17)3-2-10(14)8-16/h2-7H,8H2,1H3. The van der Waals surface area contributed by atoms with Gasteiger partial charge in [0.2, 0.25) is 0 Å². The third-order valence-corrected chi connectivity index (χ3v) is 3.94. The molecule has 0 saturated heterocycles. The molecule has 0 bridgehead atoms. The second-order valence-electron chi connectivity index (χ2n) is 3.90. The number of alkyl halides is 1. The molecule has 0 unspecified atom stereocenters. The van der Waals surface area contributed by atoms with Crippen molar-refractivity contribution in [2.45, 2.75) is 12.8 Å². The van der Waals surface area contributed by atoms with Crippen molar-refractivity contribution in [2.75, 3.05) is 0 Å². The Morgan fingerprint density at radius 3 is 2.61 bits per heavy atom. The fourth-order valence-corrected chi connectivity index (χ4v) is 2.17. The maximum Gasteiger partial charge on any atom is 0.133 e. The van der Waals surface area contributed by atoms with Crippen molar-refractivity contribution in [3.63, 3.8) is 0 Å². The van der Waals surface area contributed by atoms with Crippen molar-refractivity contribution >= 4 is 39.1 Å². The largest absolute Gasteiger partial charge is 0.457 e. The second-order valence-corrected chi connectivity index (χ2v) is 5.46. The Labute approximate surface area is 125 Å². The van der Waals surface area contributed by atoms with Gasteiger partial charge in [-0.05, 0) is 42.8 Å². The summed E-state index contributed by atoms with van der Waals surface area (Å²) in [4.78, 5) is 0. The summed E-state index contributed by atoms with van der Waals surface area (Å²) in [5.74, 6) is 1.85. The van der Waals surface area contributed by atoms with Crippen LogP contribution in [0.1, 0.15) is 11.1 Å². The summed E-state index contributed by atoms with van der Waals surface area (Å²) in [6, 6.07) is 11.3. The Morgan fingerprint density at radius 2 is 1.94 bits per heavy atom. The number of hydrogen-bond acceptors (Lipinski definition) is 1. The van der Waals surface area contributed by atoms with Gasteiger partial charge in [0, 0.05) is 15.1 Å². The van der Waals surface area contributed by atoms with E-state index in [0.29, 0.717) is 16.7 Å². The van der Waals surface area contributed by atoms with Crippen LogP contribution in [0.3, 0.4) is 0 Å². The van der Waals surface area contributed by atoms with Crippen LogP contribution in [0.4, 0.5) is 0 Å². The zero-order valence-corrected chi connectivity index (χ0v) is 12.8. The van der Waals surface area contributed by atoms with E-state index in [4.69, 9.17) is 27.9 Å². The molecule has 0 fully saturated rings. The molecule has 0 heterocycles. The van der Waals surface area contributed by atoms with E-state index in [1.807, 2.05) is 31.2 Å². The zero-order valence-electron chi connectivity index (χ0n) is 9.71. The number of rotatable bonds is 3. The van der Waals surface area contributed by atoms with Crippen molar-refractivity contribution in [1.82, 2.24) is 0 Å². The highest BCUT2D eigenvalue weighted by Gasteiger charge is 2.06. The third-order valence-electron chi connectivity index (χ3n) is 2.53. The summed E-state index contributed by atoms with van der Waals surface area (Å²) in [6.45, 7) is 2.01. The van der Waals surface area contributed by atoms with Gasteiger partial charge in [0.1, 0.15) is 11.5 Å². The quantitative estimate of drug-likeness (QED) is 0.625. The molecular weight excluding hydrogens is 335 g/mol. The first-order valence-corrected chi connectivity index (χ1v) is 7.09. The first kappa shape index (κ1) is 13.7. The molecule has 94 valence electrons. The molecule has 4 heteroatoms. The first-order valence-electron chi connectivity index (χ1n) is 5.38. The Kier molecular flexibility index (Phi) is 4.55. The van der Waals surface area contributed by atoms with Crippen LogP contribution in [0.25, 0.3) is 0 Å². The van der Waals surface area contributed by atoms with Gasteiger partial charge in [-0.25, -0.2) is 0 Å². The minimum Gasteiger partial charge on any atom is -0.457 e. The molecule has 0 aliphatic heterocycles. The lowest BCUT2D eigenvalue weighted by atomic mass is 10.2. The molecule has 0 aliphatic rings. The molecule has 2 rings (SSSR count). The monoisotopic (exact) mass is 344 g/mol. The van der Waals surface area contributed by atoms with E-state index in [-0.39, 0.29) is 0 Å². The number of hydrogen-bond donors (Lipinski definition) is 0. The summed E-state index contributed by atoms with van der Waals surface area (Å²) in [5.41, 5.74) is 2.03. The van der Waals surface area contributed by atoms with Crippen LogP contribution in [0.5, 0.6) is 11.5 Å². The van der Waals surface area contributed by atoms with Crippen LogP contribution in [0, 0.1) is 6.92 Å². The van der Waals surface area contributed by atoms with E-state index < -0.39 is 0 Å². The predicted molar refractivity (Wildman–Crippen MR) is 80.0 cm³/mol. The van der Waals surface area contributed by atoms with Crippen molar-refractivity contribution in [1.29, 1.82) is 0 Å². The molecule has 2 aromatic rings. The molecule has 0 radical (unpaired) electrons. The van der Waals surface area contributed by atoms with Crippen LogP contribution in [-0.2, 0) is 5.88 Å². The highest BCUT2D eigenvalue weighted by Crippen LogP contribution is 2.31.